The second kappa shape index (κ2) is 4.61. The van der Waals surface area contributed by atoms with Crippen LogP contribution < -0.4 is 5.32 Å². The lowest BCUT2D eigenvalue weighted by molar-refractivity contribution is 0.102. The van der Waals surface area contributed by atoms with Gasteiger partial charge in [0.15, 0.2) is 0 Å². The molecule has 0 saturated heterocycles. The van der Waals surface area contributed by atoms with Crippen LogP contribution in [0.1, 0.15) is 10.4 Å². The van der Waals surface area contributed by atoms with Crippen LogP contribution in [0.25, 0.3) is 0 Å². The van der Waals surface area contributed by atoms with Gasteiger partial charge < -0.3 is 10.4 Å². The maximum absolute atomic E-state index is 12.7. The average molecular weight is 232 g/mol. The van der Waals surface area contributed by atoms with Gasteiger partial charge in [-0.1, -0.05) is 0 Å². The fraction of sp³-hybridized carbons (Fsp3) is 0. The van der Waals surface area contributed by atoms with Gasteiger partial charge in [0, 0.05) is 11.6 Å². The lowest BCUT2D eigenvalue weighted by Crippen LogP contribution is -2.11. The summed E-state index contributed by atoms with van der Waals surface area (Å²) in [6.07, 6.45) is 1.33. The van der Waals surface area contributed by atoms with Gasteiger partial charge in [0.05, 0.1) is 11.9 Å². The molecule has 4 nitrogen and oxygen atoms in total. The minimum absolute atomic E-state index is 0.121. The zero-order chi connectivity index (χ0) is 12.3. The zero-order valence-electron chi connectivity index (χ0n) is 8.72. The molecular formula is C12H9FN2O2. The molecule has 0 fully saturated rings. The van der Waals surface area contributed by atoms with E-state index in [1.54, 1.807) is 0 Å². The van der Waals surface area contributed by atoms with Crippen molar-refractivity contribution in [2.45, 2.75) is 0 Å². The van der Waals surface area contributed by atoms with E-state index in [4.69, 9.17) is 5.11 Å². The minimum atomic E-state index is -0.396. The number of benzene rings is 1. The summed E-state index contributed by atoms with van der Waals surface area (Å²) in [7, 11) is 0. The van der Waals surface area contributed by atoms with Crippen LogP contribution in [0.4, 0.5) is 10.1 Å². The summed E-state index contributed by atoms with van der Waals surface area (Å²) in [5.74, 6) is -0.880. The van der Waals surface area contributed by atoms with Gasteiger partial charge in [-0.05, 0) is 30.3 Å². The molecule has 86 valence electrons. The first-order valence-electron chi connectivity index (χ1n) is 4.87. The molecule has 0 aliphatic rings. The van der Waals surface area contributed by atoms with Gasteiger partial charge in [-0.25, -0.2) is 9.37 Å². The van der Waals surface area contributed by atoms with Gasteiger partial charge in [-0.2, -0.15) is 0 Å². The molecule has 2 N–H and O–H groups in total. The summed E-state index contributed by atoms with van der Waals surface area (Å²) >= 11 is 0. The van der Waals surface area contributed by atoms with Crippen LogP contribution in [0.3, 0.4) is 0 Å². The van der Waals surface area contributed by atoms with E-state index in [-0.39, 0.29) is 11.8 Å². The first-order valence-corrected chi connectivity index (χ1v) is 4.87. The van der Waals surface area contributed by atoms with Crippen LogP contribution in [-0.4, -0.2) is 16.0 Å². The van der Waals surface area contributed by atoms with E-state index >= 15 is 0 Å². The third kappa shape index (κ3) is 2.78. The second-order valence-corrected chi connectivity index (χ2v) is 3.37. The first kappa shape index (κ1) is 11.1. The Morgan fingerprint density at radius 2 is 1.88 bits per heavy atom. The molecule has 0 spiro atoms. The smallest absolute Gasteiger partial charge is 0.255 e. The number of hydrogen-bond donors (Lipinski definition) is 2. The number of anilines is 1. The molecule has 0 bridgehead atoms. The van der Waals surface area contributed by atoms with Crippen molar-refractivity contribution in [2.24, 2.45) is 0 Å². The van der Waals surface area contributed by atoms with E-state index in [9.17, 15) is 9.18 Å². The molecule has 0 saturated carbocycles. The van der Waals surface area contributed by atoms with Crippen LogP contribution in [-0.2, 0) is 0 Å². The fourth-order valence-corrected chi connectivity index (χ4v) is 1.26. The highest BCUT2D eigenvalue weighted by Gasteiger charge is 2.06. The number of amides is 1. The maximum Gasteiger partial charge on any atom is 0.255 e. The van der Waals surface area contributed by atoms with Gasteiger partial charge in [0.1, 0.15) is 5.82 Å². The van der Waals surface area contributed by atoms with Crippen molar-refractivity contribution in [3.05, 3.63) is 54.0 Å². The van der Waals surface area contributed by atoms with Crippen LogP contribution in [0, 0.1) is 5.82 Å². The Hall–Kier alpha value is -2.43. The Bertz CT molecular complexity index is 523. The summed E-state index contributed by atoms with van der Waals surface area (Å²) in [6.45, 7) is 0. The summed E-state index contributed by atoms with van der Waals surface area (Å²) < 4.78 is 12.7. The first-order chi connectivity index (χ1) is 8.15. The molecular weight excluding hydrogens is 223 g/mol. The predicted octanol–water partition coefficient (Wildman–Crippen LogP) is 2.18. The van der Waals surface area contributed by atoms with E-state index in [0.29, 0.717) is 11.3 Å². The van der Waals surface area contributed by atoms with Crippen molar-refractivity contribution in [3.8, 4) is 5.88 Å². The van der Waals surface area contributed by atoms with E-state index in [2.05, 4.69) is 10.3 Å². The second-order valence-electron chi connectivity index (χ2n) is 3.37. The Balaban J connectivity index is 2.11. The molecule has 17 heavy (non-hydrogen) atoms. The Labute approximate surface area is 96.7 Å². The fourth-order valence-electron chi connectivity index (χ4n) is 1.26. The number of halogens is 1. The molecule has 0 atom stereocenters. The normalized spacial score (nSPS) is 9.94. The van der Waals surface area contributed by atoms with Crippen LogP contribution in [0.2, 0.25) is 0 Å². The Morgan fingerprint density at radius 1 is 1.18 bits per heavy atom. The number of nitrogens with zero attached hydrogens (tertiary/aromatic N) is 1. The van der Waals surface area contributed by atoms with E-state index in [0.717, 1.165) is 0 Å². The van der Waals surface area contributed by atoms with Crippen molar-refractivity contribution in [1.29, 1.82) is 0 Å². The number of carbonyl (C=O) groups is 1. The number of hydrogen-bond acceptors (Lipinski definition) is 3. The molecule has 0 aliphatic heterocycles. The molecule has 1 amide bonds. The summed E-state index contributed by atoms with van der Waals surface area (Å²) in [4.78, 5) is 15.3. The molecule has 1 aromatic heterocycles. The van der Waals surface area contributed by atoms with Crippen molar-refractivity contribution < 1.29 is 14.3 Å². The van der Waals surface area contributed by atoms with Gasteiger partial charge >= 0.3 is 0 Å². The number of nitrogens with one attached hydrogen (secondary N) is 1. The van der Waals surface area contributed by atoms with Crippen molar-refractivity contribution in [3.63, 3.8) is 0 Å². The number of pyridine rings is 1. The van der Waals surface area contributed by atoms with Crippen LogP contribution in [0.5, 0.6) is 5.88 Å². The van der Waals surface area contributed by atoms with Gasteiger partial charge in [-0.3, -0.25) is 4.79 Å². The topological polar surface area (TPSA) is 62.2 Å². The minimum Gasteiger partial charge on any atom is -0.493 e. The summed E-state index contributed by atoms with van der Waals surface area (Å²) in [5.41, 5.74) is 0.802. The third-order valence-electron chi connectivity index (χ3n) is 2.11. The number of aromatic hydroxyl groups is 1. The highest BCUT2D eigenvalue weighted by Crippen LogP contribution is 2.11. The monoisotopic (exact) mass is 232 g/mol. The van der Waals surface area contributed by atoms with Crippen LogP contribution >= 0.6 is 0 Å². The lowest BCUT2D eigenvalue weighted by atomic mass is 10.2. The third-order valence-corrected chi connectivity index (χ3v) is 2.11. The molecule has 5 heteroatoms. The van der Waals surface area contributed by atoms with E-state index < -0.39 is 5.82 Å². The SMILES string of the molecule is O=C(Nc1ccc(O)nc1)c1ccc(F)cc1. The number of carbonyl (C=O) groups excluding carboxylic acids is 1. The molecule has 0 radical (unpaired) electrons. The molecule has 1 aromatic carbocycles. The largest absolute Gasteiger partial charge is 0.493 e. The maximum atomic E-state index is 12.7. The quantitative estimate of drug-likeness (QED) is 0.834. The molecule has 0 unspecified atom stereocenters. The highest BCUT2D eigenvalue weighted by molar-refractivity contribution is 6.04. The zero-order valence-corrected chi connectivity index (χ0v) is 8.72. The Kier molecular flexibility index (Phi) is 3.00. The predicted molar refractivity (Wildman–Crippen MR) is 60.3 cm³/mol. The lowest BCUT2D eigenvalue weighted by Gasteiger charge is -2.04. The highest BCUT2D eigenvalue weighted by atomic mass is 19.1. The van der Waals surface area contributed by atoms with Gasteiger partial charge in [-0.15, -0.1) is 0 Å². The summed E-state index contributed by atoms with van der Waals surface area (Å²) in [5, 5.41) is 11.5. The number of rotatable bonds is 2. The summed E-state index contributed by atoms with van der Waals surface area (Å²) in [6, 6.07) is 8.08. The molecule has 1 heterocycles. The van der Waals surface area contributed by atoms with Crippen molar-refractivity contribution in [2.75, 3.05) is 5.32 Å². The van der Waals surface area contributed by atoms with Crippen molar-refractivity contribution >= 4 is 11.6 Å². The average Bonchev–Trinajstić information content (AvgIpc) is 2.33. The van der Waals surface area contributed by atoms with Crippen molar-refractivity contribution in [1.82, 2.24) is 4.98 Å². The number of aromatic nitrogens is 1. The van der Waals surface area contributed by atoms with E-state index in [1.807, 2.05) is 0 Å². The van der Waals surface area contributed by atoms with E-state index in [1.165, 1.54) is 42.6 Å². The van der Waals surface area contributed by atoms with Gasteiger partial charge in [0.2, 0.25) is 5.88 Å². The van der Waals surface area contributed by atoms with Gasteiger partial charge in [0.25, 0.3) is 5.91 Å². The molecule has 0 aliphatic carbocycles. The molecule has 2 aromatic rings. The standard InChI is InChI=1S/C12H9FN2O2/c13-9-3-1-8(2-4-9)12(17)15-10-5-6-11(16)14-7-10/h1-7H,(H,14,16)(H,15,17). The Morgan fingerprint density at radius 3 is 2.47 bits per heavy atom. The van der Waals surface area contributed by atoms with Crippen LogP contribution in [0.15, 0.2) is 42.6 Å². The molecule has 2 rings (SSSR count).